The third-order valence-corrected chi connectivity index (χ3v) is 5.99. The van der Waals surface area contributed by atoms with Crippen molar-refractivity contribution in [3.63, 3.8) is 0 Å². The van der Waals surface area contributed by atoms with E-state index in [4.69, 9.17) is 9.47 Å². The van der Waals surface area contributed by atoms with Crippen LogP contribution in [0.4, 0.5) is 10.5 Å². The first-order valence-electron chi connectivity index (χ1n) is 10.3. The van der Waals surface area contributed by atoms with Crippen LogP contribution >= 0.6 is 0 Å². The molecule has 1 heterocycles. The third kappa shape index (κ3) is 6.61. The number of carbonyl (C=O) groups is 2. The largest absolute Gasteiger partial charge is 0.482 e. The Morgan fingerprint density at radius 3 is 2.33 bits per heavy atom. The number of carbonyl (C=O) groups excluding carboxylic acids is 1. The van der Waals surface area contributed by atoms with Gasteiger partial charge in [0.25, 0.3) is 0 Å². The van der Waals surface area contributed by atoms with Crippen LogP contribution in [0.15, 0.2) is 48.5 Å². The minimum absolute atomic E-state index is 0.0165. The van der Waals surface area contributed by atoms with Crippen molar-refractivity contribution in [3.05, 3.63) is 59.7 Å². The normalized spacial score (nSPS) is 15.3. The molecule has 0 radical (unpaired) electrons. The van der Waals surface area contributed by atoms with Crippen LogP contribution in [0.1, 0.15) is 43.6 Å². The molecule has 1 amide bonds. The van der Waals surface area contributed by atoms with E-state index in [0.29, 0.717) is 5.56 Å². The molecule has 3 rings (SSSR count). The maximum Gasteiger partial charge on any atom is 0.410 e. The van der Waals surface area contributed by atoms with Gasteiger partial charge in [-0.15, -0.1) is 0 Å². The Kier molecular flexibility index (Phi) is 6.60. The van der Waals surface area contributed by atoms with Gasteiger partial charge >= 0.3 is 12.1 Å². The van der Waals surface area contributed by atoms with Crippen LogP contribution in [-0.2, 0) is 20.5 Å². The second-order valence-corrected chi connectivity index (χ2v) is 11.0. The zero-order chi connectivity index (χ0) is 24.4. The van der Waals surface area contributed by atoms with Crippen molar-refractivity contribution in [3.8, 4) is 5.75 Å². The molecule has 0 saturated carbocycles. The minimum atomic E-state index is -3.85. The van der Waals surface area contributed by atoms with E-state index in [-0.39, 0.29) is 35.8 Å². The molecule has 0 aromatic heterocycles. The molecular formula is C23H28N2O7S. The lowest BCUT2D eigenvalue weighted by molar-refractivity contribution is -0.0708. The van der Waals surface area contributed by atoms with Crippen LogP contribution in [0.3, 0.4) is 0 Å². The lowest BCUT2D eigenvalue weighted by Crippen LogP contribution is -2.65. The number of carboxylic acid groups (broad SMARTS) is 1. The van der Waals surface area contributed by atoms with Crippen molar-refractivity contribution in [2.45, 2.75) is 44.6 Å². The van der Waals surface area contributed by atoms with Gasteiger partial charge < -0.3 is 19.5 Å². The highest BCUT2D eigenvalue weighted by Gasteiger charge is 2.45. The van der Waals surface area contributed by atoms with Crippen molar-refractivity contribution in [2.75, 3.05) is 17.8 Å². The van der Waals surface area contributed by atoms with Gasteiger partial charge in [0.15, 0.2) is 0 Å². The van der Waals surface area contributed by atoms with Gasteiger partial charge in [0.1, 0.15) is 17.0 Å². The van der Waals surface area contributed by atoms with E-state index in [1.165, 1.54) is 23.1 Å². The Morgan fingerprint density at radius 1 is 1.12 bits per heavy atom. The summed E-state index contributed by atoms with van der Waals surface area (Å²) in [6.07, 6.45) is -0.464. The van der Waals surface area contributed by atoms with Crippen LogP contribution in [0, 0.1) is 0 Å². The average Bonchev–Trinajstić information content (AvgIpc) is 2.66. The van der Waals surface area contributed by atoms with Crippen molar-refractivity contribution in [2.24, 2.45) is 0 Å². The number of aromatic carboxylic acids is 1. The van der Waals surface area contributed by atoms with E-state index in [9.17, 15) is 23.1 Å². The molecule has 1 saturated heterocycles. The van der Waals surface area contributed by atoms with Gasteiger partial charge in [-0.3, -0.25) is 4.72 Å². The molecular weight excluding hydrogens is 448 g/mol. The summed E-state index contributed by atoms with van der Waals surface area (Å²) in [4.78, 5) is 25.1. The first-order chi connectivity index (χ1) is 15.3. The van der Waals surface area contributed by atoms with Crippen molar-refractivity contribution in [1.29, 1.82) is 0 Å². The summed E-state index contributed by atoms with van der Waals surface area (Å²) in [6.45, 7) is 7.58. The molecule has 0 spiro atoms. The van der Waals surface area contributed by atoms with E-state index >= 15 is 0 Å². The van der Waals surface area contributed by atoms with Crippen molar-refractivity contribution >= 4 is 27.8 Å². The zero-order valence-corrected chi connectivity index (χ0v) is 19.8. The third-order valence-electron chi connectivity index (χ3n) is 4.75. The summed E-state index contributed by atoms with van der Waals surface area (Å²) in [7, 11) is -3.85. The fourth-order valence-electron chi connectivity index (χ4n) is 3.38. The number of hydrogen-bond donors (Lipinski definition) is 2. The molecule has 9 nitrogen and oxygen atoms in total. The van der Waals surface area contributed by atoms with Crippen LogP contribution in [-0.4, -0.2) is 54.8 Å². The van der Waals surface area contributed by atoms with Gasteiger partial charge in [-0.05, 0) is 51.5 Å². The number of nitrogens with zero attached hydrogens (tertiary/aromatic N) is 1. The first-order valence-corrected chi connectivity index (χ1v) is 12.0. The first kappa shape index (κ1) is 24.4. The number of rotatable bonds is 7. The van der Waals surface area contributed by atoms with Gasteiger partial charge in [-0.2, -0.15) is 0 Å². The Balaban J connectivity index is 1.77. The van der Waals surface area contributed by atoms with Crippen molar-refractivity contribution in [1.82, 2.24) is 4.90 Å². The summed E-state index contributed by atoms with van der Waals surface area (Å²) in [6, 6.07) is 12.6. The fourth-order valence-corrected chi connectivity index (χ4v) is 4.57. The average molecular weight is 477 g/mol. The highest BCUT2D eigenvalue weighted by molar-refractivity contribution is 7.91. The molecule has 2 aromatic rings. The van der Waals surface area contributed by atoms with E-state index in [0.717, 1.165) is 0 Å². The Hall–Kier alpha value is -3.27. The Morgan fingerprint density at radius 2 is 1.76 bits per heavy atom. The van der Waals surface area contributed by atoms with E-state index in [1.807, 2.05) is 0 Å². The van der Waals surface area contributed by atoms with Crippen molar-refractivity contribution < 1.29 is 32.6 Å². The maximum absolute atomic E-state index is 12.7. The standard InChI is InChI=1S/C23H28N2O7S/c1-22(2,3)32-21(28)25-14-23(4,15-25)31-19-11-10-17(20(26)27)12-18(19)24-33(29,30)13-16-8-6-5-7-9-16/h5-12,24H,13-15H2,1-4H3,(H,26,27). The Bertz CT molecular complexity index is 1140. The monoisotopic (exact) mass is 476 g/mol. The fraction of sp³-hybridized carbons (Fsp3) is 0.391. The van der Waals surface area contributed by atoms with Crippen LogP contribution in [0.2, 0.25) is 0 Å². The topological polar surface area (TPSA) is 122 Å². The summed E-state index contributed by atoms with van der Waals surface area (Å²) in [5, 5.41) is 9.34. The molecule has 1 aliphatic heterocycles. The van der Waals surface area contributed by atoms with E-state index < -0.39 is 33.3 Å². The minimum Gasteiger partial charge on any atom is -0.482 e. The molecule has 0 atom stereocenters. The highest BCUT2D eigenvalue weighted by Crippen LogP contribution is 2.34. The quantitative estimate of drug-likeness (QED) is 0.624. The number of sulfonamides is 1. The van der Waals surface area contributed by atoms with E-state index in [2.05, 4.69) is 4.72 Å². The molecule has 0 bridgehead atoms. The second kappa shape index (κ2) is 8.93. The summed E-state index contributed by atoms with van der Waals surface area (Å²) in [5.74, 6) is -1.31. The van der Waals surface area contributed by atoms with Gasteiger partial charge in [-0.25, -0.2) is 18.0 Å². The summed E-state index contributed by atoms with van der Waals surface area (Å²) < 4.78 is 39.3. The molecule has 178 valence electrons. The van der Waals surface area contributed by atoms with Crippen LogP contribution < -0.4 is 9.46 Å². The number of hydrogen-bond acceptors (Lipinski definition) is 6. The number of nitrogens with one attached hydrogen (secondary N) is 1. The Labute approximate surface area is 193 Å². The van der Waals surface area contributed by atoms with E-state index in [1.54, 1.807) is 58.0 Å². The zero-order valence-electron chi connectivity index (χ0n) is 19.0. The van der Waals surface area contributed by atoms with Crippen LogP contribution in [0.25, 0.3) is 0 Å². The molecule has 2 aromatic carbocycles. The summed E-state index contributed by atoms with van der Waals surface area (Å²) >= 11 is 0. The number of likely N-dealkylation sites (tertiary alicyclic amines) is 1. The SMILES string of the molecule is CC(C)(C)OC(=O)N1CC(C)(Oc2ccc(C(=O)O)cc2NS(=O)(=O)Cc2ccccc2)C1. The predicted molar refractivity (Wildman–Crippen MR) is 123 cm³/mol. The molecule has 0 aliphatic carbocycles. The van der Waals surface area contributed by atoms with Gasteiger partial charge in [0, 0.05) is 0 Å². The second-order valence-electron chi connectivity index (χ2n) is 9.25. The van der Waals surface area contributed by atoms with Gasteiger partial charge in [0.2, 0.25) is 10.0 Å². The molecule has 0 unspecified atom stereocenters. The summed E-state index contributed by atoms with van der Waals surface area (Å²) in [5.41, 5.74) is -0.903. The van der Waals surface area contributed by atoms with Gasteiger partial charge in [-0.1, -0.05) is 30.3 Å². The molecule has 1 aliphatic rings. The highest BCUT2D eigenvalue weighted by atomic mass is 32.2. The smallest absolute Gasteiger partial charge is 0.410 e. The number of anilines is 1. The number of ether oxygens (including phenoxy) is 2. The number of amides is 1. The number of carboxylic acids is 1. The number of benzene rings is 2. The molecule has 1 fully saturated rings. The maximum atomic E-state index is 12.7. The predicted octanol–water partition coefficient (Wildman–Crippen LogP) is 3.71. The lowest BCUT2D eigenvalue weighted by Gasteiger charge is -2.47. The van der Waals surface area contributed by atoms with Crippen LogP contribution in [0.5, 0.6) is 5.75 Å². The molecule has 33 heavy (non-hydrogen) atoms. The lowest BCUT2D eigenvalue weighted by atomic mass is 9.97. The molecule has 2 N–H and O–H groups in total. The van der Waals surface area contributed by atoms with Gasteiger partial charge in [0.05, 0.1) is 30.1 Å². The molecule has 10 heteroatoms.